The zero-order chi connectivity index (χ0) is 18.0. The van der Waals surface area contributed by atoms with Crippen molar-refractivity contribution in [1.29, 1.82) is 0 Å². The molecule has 1 heterocycles. The van der Waals surface area contributed by atoms with E-state index in [0.717, 1.165) is 11.3 Å². The summed E-state index contributed by atoms with van der Waals surface area (Å²) in [6.07, 6.45) is 0. The van der Waals surface area contributed by atoms with Crippen LogP contribution in [0.2, 0.25) is 0 Å². The van der Waals surface area contributed by atoms with Crippen molar-refractivity contribution in [2.75, 3.05) is 31.1 Å². The van der Waals surface area contributed by atoms with E-state index in [4.69, 9.17) is 0 Å². The molecule has 0 N–H and O–H groups in total. The van der Waals surface area contributed by atoms with Crippen LogP contribution < -0.4 is 10.0 Å². The summed E-state index contributed by atoms with van der Waals surface area (Å²) in [4.78, 5) is 13.2. The summed E-state index contributed by atoms with van der Waals surface area (Å²) in [5, 5.41) is 10.8. The van der Waals surface area contributed by atoms with Crippen LogP contribution in [0, 0.1) is 6.92 Å². The number of rotatable bonds is 4. The van der Waals surface area contributed by atoms with Crippen LogP contribution in [0.15, 0.2) is 53.4 Å². The summed E-state index contributed by atoms with van der Waals surface area (Å²) >= 11 is 0. The molecule has 25 heavy (non-hydrogen) atoms. The van der Waals surface area contributed by atoms with Crippen molar-refractivity contribution in [1.82, 2.24) is 4.31 Å². The Morgan fingerprint density at radius 3 is 2.00 bits per heavy atom. The van der Waals surface area contributed by atoms with E-state index in [1.54, 1.807) is 36.4 Å². The maximum Gasteiger partial charge on any atom is 0.243 e. The van der Waals surface area contributed by atoms with Crippen LogP contribution >= 0.6 is 0 Å². The van der Waals surface area contributed by atoms with Gasteiger partial charge in [-0.2, -0.15) is 4.31 Å². The van der Waals surface area contributed by atoms with E-state index in [1.807, 2.05) is 11.8 Å². The number of nitrogens with zero attached hydrogens (tertiary/aromatic N) is 2. The van der Waals surface area contributed by atoms with Gasteiger partial charge in [-0.15, -0.1) is 0 Å². The Balaban J connectivity index is 1.69. The molecule has 1 aliphatic heterocycles. The van der Waals surface area contributed by atoms with Gasteiger partial charge in [-0.05, 0) is 36.8 Å². The number of anilines is 1. The summed E-state index contributed by atoms with van der Waals surface area (Å²) in [5.41, 5.74) is 2.02. The molecule has 3 rings (SSSR count). The van der Waals surface area contributed by atoms with E-state index in [1.165, 1.54) is 16.4 Å². The van der Waals surface area contributed by atoms with Gasteiger partial charge in [0.05, 0.1) is 10.9 Å². The van der Waals surface area contributed by atoms with Crippen LogP contribution in [-0.4, -0.2) is 44.9 Å². The predicted octanol–water partition coefficient (Wildman–Crippen LogP) is 0.869. The van der Waals surface area contributed by atoms with Gasteiger partial charge < -0.3 is 14.8 Å². The lowest BCUT2D eigenvalue weighted by Gasteiger charge is -2.35. The molecule has 2 aromatic carbocycles. The average Bonchev–Trinajstić information content (AvgIpc) is 2.62. The number of carboxylic acids is 1. The minimum absolute atomic E-state index is 0.129. The van der Waals surface area contributed by atoms with Gasteiger partial charge in [-0.3, -0.25) is 0 Å². The molecule has 7 heteroatoms. The minimum Gasteiger partial charge on any atom is -0.545 e. The molecule has 1 saturated heterocycles. The predicted molar refractivity (Wildman–Crippen MR) is 92.9 cm³/mol. The summed E-state index contributed by atoms with van der Waals surface area (Å²) in [7, 11) is -3.48. The fraction of sp³-hybridized carbons (Fsp3) is 0.278. The smallest absolute Gasteiger partial charge is 0.243 e. The highest BCUT2D eigenvalue weighted by Crippen LogP contribution is 2.21. The summed E-state index contributed by atoms with van der Waals surface area (Å²) in [5.74, 6) is -1.21. The second kappa shape index (κ2) is 6.85. The van der Waals surface area contributed by atoms with Crippen LogP contribution in [0.1, 0.15) is 15.9 Å². The largest absolute Gasteiger partial charge is 0.545 e. The Morgan fingerprint density at radius 1 is 0.920 bits per heavy atom. The number of hydrogen-bond donors (Lipinski definition) is 0. The van der Waals surface area contributed by atoms with Gasteiger partial charge >= 0.3 is 0 Å². The summed E-state index contributed by atoms with van der Waals surface area (Å²) in [6.45, 7) is 3.79. The molecule has 0 aliphatic carbocycles. The molecule has 0 unspecified atom stereocenters. The van der Waals surface area contributed by atoms with Crippen molar-refractivity contribution in [3.63, 3.8) is 0 Å². The molecule has 0 aromatic heterocycles. The van der Waals surface area contributed by atoms with Crippen molar-refractivity contribution < 1.29 is 18.3 Å². The number of carbonyl (C=O) groups excluding carboxylic acids is 1. The van der Waals surface area contributed by atoms with Crippen LogP contribution in [0.5, 0.6) is 0 Å². The van der Waals surface area contributed by atoms with Gasteiger partial charge in [0.1, 0.15) is 0 Å². The number of hydrogen-bond acceptors (Lipinski definition) is 5. The van der Waals surface area contributed by atoms with Crippen LogP contribution in [0.25, 0.3) is 0 Å². The van der Waals surface area contributed by atoms with Gasteiger partial charge in [-0.25, -0.2) is 8.42 Å². The fourth-order valence-corrected chi connectivity index (χ4v) is 4.28. The zero-order valence-corrected chi connectivity index (χ0v) is 14.7. The molecule has 0 bridgehead atoms. The van der Waals surface area contributed by atoms with Crippen LogP contribution in [-0.2, 0) is 10.0 Å². The quantitative estimate of drug-likeness (QED) is 0.809. The van der Waals surface area contributed by atoms with Crippen LogP contribution in [0.4, 0.5) is 5.69 Å². The van der Waals surface area contributed by atoms with Gasteiger partial charge in [0.25, 0.3) is 0 Å². The molecule has 0 spiro atoms. The van der Waals surface area contributed by atoms with E-state index in [2.05, 4.69) is 0 Å². The molecule has 1 fully saturated rings. The van der Waals surface area contributed by atoms with Gasteiger partial charge in [0.2, 0.25) is 10.0 Å². The number of sulfonamides is 1. The monoisotopic (exact) mass is 359 g/mol. The lowest BCUT2D eigenvalue weighted by atomic mass is 10.2. The molecule has 132 valence electrons. The number of aromatic carboxylic acids is 1. The Hall–Kier alpha value is -2.38. The lowest BCUT2D eigenvalue weighted by Crippen LogP contribution is -2.48. The van der Waals surface area contributed by atoms with E-state index < -0.39 is 16.0 Å². The molecule has 0 radical (unpaired) electrons. The molecule has 0 amide bonds. The number of piperazine rings is 1. The SMILES string of the molecule is Cc1ccc(S(=O)(=O)N2CCN(c3ccc(C(=O)[O-])cc3)CC2)cc1. The molecule has 6 nitrogen and oxygen atoms in total. The third-order valence-corrected chi connectivity index (χ3v) is 6.28. The standard InChI is InChI=1S/C18H20N2O4S/c1-14-2-8-17(9-3-14)25(23,24)20-12-10-19(11-13-20)16-6-4-15(5-7-16)18(21)22/h2-9H,10-13H2,1H3,(H,21,22)/p-1. The summed E-state index contributed by atoms with van der Waals surface area (Å²) < 4.78 is 26.9. The van der Waals surface area contributed by atoms with Crippen molar-refractivity contribution in [2.45, 2.75) is 11.8 Å². The highest BCUT2D eigenvalue weighted by atomic mass is 32.2. The van der Waals surface area contributed by atoms with Gasteiger partial charge in [-0.1, -0.05) is 29.8 Å². The van der Waals surface area contributed by atoms with Crippen molar-refractivity contribution in [3.05, 3.63) is 59.7 Å². The third kappa shape index (κ3) is 3.67. The Kier molecular flexibility index (Phi) is 4.78. The maximum atomic E-state index is 12.7. The average molecular weight is 359 g/mol. The number of benzene rings is 2. The maximum absolute atomic E-state index is 12.7. The third-order valence-electron chi connectivity index (χ3n) is 4.37. The number of carbonyl (C=O) groups is 1. The van der Waals surface area contributed by atoms with E-state index in [0.29, 0.717) is 31.1 Å². The molecule has 2 aromatic rings. The van der Waals surface area contributed by atoms with Crippen LogP contribution in [0.3, 0.4) is 0 Å². The molecule has 0 saturated carbocycles. The Labute approximate surface area is 147 Å². The topological polar surface area (TPSA) is 80.8 Å². The van der Waals surface area contributed by atoms with E-state index >= 15 is 0 Å². The normalized spacial score (nSPS) is 16.0. The Morgan fingerprint density at radius 2 is 1.48 bits per heavy atom. The first kappa shape index (κ1) is 17.4. The first-order chi connectivity index (χ1) is 11.9. The van der Waals surface area contributed by atoms with Gasteiger partial charge in [0.15, 0.2) is 0 Å². The van der Waals surface area contributed by atoms with Crippen molar-refractivity contribution in [3.8, 4) is 0 Å². The molecular weight excluding hydrogens is 340 g/mol. The van der Waals surface area contributed by atoms with E-state index in [9.17, 15) is 18.3 Å². The first-order valence-corrected chi connectivity index (χ1v) is 9.45. The minimum atomic E-state index is -3.48. The second-order valence-corrected chi connectivity index (χ2v) is 7.98. The lowest BCUT2D eigenvalue weighted by molar-refractivity contribution is -0.255. The second-order valence-electron chi connectivity index (χ2n) is 6.04. The van der Waals surface area contributed by atoms with E-state index in [-0.39, 0.29) is 5.56 Å². The fourth-order valence-electron chi connectivity index (χ4n) is 2.85. The van der Waals surface area contributed by atoms with Crippen molar-refractivity contribution in [2.24, 2.45) is 0 Å². The molecular formula is C18H19N2O4S-. The number of aryl methyl sites for hydroxylation is 1. The highest BCUT2D eigenvalue weighted by Gasteiger charge is 2.28. The molecule has 0 atom stereocenters. The van der Waals surface area contributed by atoms with Crippen molar-refractivity contribution >= 4 is 21.7 Å². The Bertz CT molecular complexity index is 853. The highest BCUT2D eigenvalue weighted by molar-refractivity contribution is 7.89. The summed E-state index contributed by atoms with van der Waals surface area (Å²) in [6, 6.07) is 13.3. The first-order valence-electron chi connectivity index (χ1n) is 8.01. The molecule has 1 aliphatic rings. The number of carboxylic acid groups (broad SMARTS) is 1. The zero-order valence-electron chi connectivity index (χ0n) is 13.9. The van der Waals surface area contributed by atoms with Gasteiger partial charge in [0, 0.05) is 31.9 Å².